The molecule has 0 amide bonds. The van der Waals surface area contributed by atoms with Gasteiger partial charge in [-0.25, -0.2) is 9.78 Å². The standard InChI is InChI=1S/C7H7ClN2O2/c8-6-2-4(7(11)12)1-5(3-9)10-6/h1-2H,3,9H2,(H,11,12). The van der Waals surface area contributed by atoms with Gasteiger partial charge in [-0.15, -0.1) is 0 Å². The van der Waals surface area contributed by atoms with Gasteiger partial charge >= 0.3 is 5.97 Å². The van der Waals surface area contributed by atoms with Crippen molar-refractivity contribution in [1.82, 2.24) is 4.98 Å². The minimum atomic E-state index is -1.03. The second kappa shape index (κ2) is 3.51. The van der Waals surface area contributed by atoms with Crippen LogP contribution in [0, 0.1) is 0 Å². The SMILES string of the molecule is NCc1cc(C(=O)O)cc(Cl)n1. The highest BCUT2D eigenvalue weighted by molar-refractivity contribution is 6.29. The van der Waals surface area contributed by atoms with Gasteiger partial charge in [-0.1, -0.05) is 11.6 Å². The lowest BCUT2D eigenvalue weighted by Crippen LogP contribution is -2.04. The Labute approximate surface area is 74.0 Å². The quantitative estimate of drug-likeness (QED) is 0.673. The molecule has 0 bridgehead atoms. The molecule has 0 aromatic carbocycles. The number of hydrogen-bond acceptors (Lipinski definition) is 3. The maximum atomic E-state index is 10.5. The Balaban J connectivity index is 3.15. The van der Waals surface area contributed by atoms with Gasteiger partial charge in [0, 0.05) is 6.54 Å². The molecule has 0 saturated heterocycles. The van der Waals surface area contributed by atoms with Crippen LogP contribution < -0.4 is 5.73 Å². The van der Waals surface area contributed by atoms with Crippen LogP contribution in [0.3, 0.4) is 0 Å². The molecule has 5 heteroatoms. The van der Waals surface area contributed by atoms with Crippen molar-refractivity contribution in [3.63, 3.8) is 0 Å². The number of aromatic carboxylic acids is 1. The summed E-state index contributed by atoms with van der Waals surface area (Å²) in [6.07, 6.45) is 0. The van der Waals surface area contributed by atoms with Crippen molar-refractivity contribution in [3.8, 4) is 0 Å². The zero-order valence-corrected chi connectivity index (χ0v) is 6.88. The molecule has 0 atom stereocenters. The van der Waals surface area contributed by atoms with E-state index in [2.05, 4.69) is 4.98 Å². The highest BCUT2D eigenvalue weighted by atomic mass is 35.5. The Hall–Kier alpha value is -1.13. The third kappa shape index (κ3) is 1.93. The van der Waals surface area contributed by atoms with Gasteiger partial charge in [0.15, 0.2) is 0 Å². The van der Waals surface area contributed by atoms with E-state index in [1.54, 1.807) is 0 Å². The van der Waals surface area contributed by atoms with Crippen LogP contribution in [0.15, 0.2) is 12.1 Å². The molecule has 0 radical (unpaired) electrons. The van der Waals surface area contributed by atoms with Gasteiger partial charge in [-0.3, -0.25) is 0 Å². The fourth-order valence-corrected chi connectivity index (χ4v) is 1.01. The van der Waals surface area contributed by atoms with Crippen LogP contribution in [0.1, 0.15) is 16.1 Å². The maximum Gasteiger partial charge on any atom is 0.335 e. The number of rotatable bonds is 2. The molecule has 1 heterocycles. The van der Waals surface area contributed by atoms with Crippen LogP contribution in [0.5, 0.6) is 0 Å². The van der Waals surface area contributed by atoms with Crippen molar-refractivity contribution in [2.75, 3.05) is 0 Å². The van der Waals surface area contributed by atoms with Crippen LogP contribution >= 0.6 is 11.6 Å². The molecule has 0 aliphatic heterocycles. The number of carboxylic acid groups (broad SMARTS) is 1. The molecule has 1 aromatic heterocycles. The normalized spacial score (nSPS) is 9.83. The minimum Gasteiger partial charge on any atom is -0.478 e. The first-order valence-corrected chi connectivity index (χ1v) is 3.61. The summed E-state index contributed by atoms with van der Waals surface area (Å²) in [5.41, 5.74) is 5.85. The Kier molecular flexibility index (Phi) is 2.62. The summed E-state index contributed by atoms with van der Waals surface area (Å²) < 4.78 is 0. The van der Waals surface area contributed by atoms with Gasteiger partial charge < -0.3 is 10.8 Å². The van der Waals surface area contributed by atoms with Crippen LogP contribution in [0.25, 0.3) is 0 Å². The molecule has 3 N–H and O–H groups in total. The highest BCUT2D eigenvalue weighted by Gasteiger charge is 2.05. The van der Waals surface area contributed by atoms with E-state index in [0.29, 0.717) is 5.69 Å². The molecule has 0 spiro atoms. The predicted molar refractivity (Wildman–Crippen MR) is 44.1 cm³/mol. The smallest absolute Gasteiger partial charge is 0.335 e. The zero-order chi connectivity index (χ0) is 9.14. The molecule has 0 fully saturated rings. The Bertz CT molecular complexity index is 314. The zero-order valence-electron chi connectivity index (χ0n) is 6.12. The Morgan fingerprint density at radius 1 is 1.67 bits per heavy atom. The largest absolute Gasteiger partial charge is 0.478 e. The summed E-state index contributed by atoms with van der Waals surface area (Å²) in [6.45, 7) is 0.181. The molecule has 0 unspecified atom stereocenters. The maximum absolute atomic E-state index is 10.5. The monoisotopic (exact) mass is 186 g/mol. The Morgan fingerprint density at radius 2 is 2.33 bits per heavy atom. The van der Waals surface area contributed by atoms with E-state index in [9.17, 15) is 4.79 Å². The topological polar surface area (TPSA) is 76.2 Å². The average Bonchev–Trinajstić information content (AvgIpc) is 2.03. The molecule has 64 valence electrons. The molecular formula is C7H7ClN2O2. The number of hydrogen-bond donors (Lipinski definition) is 2. The molecule has 0 saturated carbocycles. The van der Waals surface area contributed by atoms with E-state index in [4.69, 9.17) is 22.4 Å². The van der Waals surface area contributed by atoms with Gasteiger partial charge in [0.25, 0.3) is 0 Å². The third-order valence-electron chi connectivity index (χ3n) is 1.30. The van der Waals surface area contributed by atoms with Crippen molar-refractivity contribution in [3.05, 3.63) is 28.5 Å². The van der Waals surface area contributed by atoms with Crippen LogP contribution in [-0.4, -0.2) is 16.1 Å². The first kappa shape index (κ1) is 8.96. The van der Waals surface area contributed by atoms with Gasteiger partial charge in [-0.2, -0.15) is 0 Å². The summed E-state index contributed by atoms with van der Waals surface area (Å²) >= 11 is 5.54. The lowest BCUT2D eigenvalue weighted by Gasteiger charge is -1.99. The second-order valence-corrected chi connectivity index (χ2v) is 2.57. The van der Waals surface area contributed by atoms with Crippen molar-refractivity contribution < 1.29 is 9.90 Å². The van der Waals surface area contributed by atoms with Crippen LogP contribution in [0.4, 0.5) is 0 Å². The average molecular weight is 187 g/mol. The summed E-state index contributed by atoms with van der Waals surface area (Å²) in [5.74, 6) is -1.03. The fourth-order valence-electron chi connectivity index (χ4n) is 0.779. The van der Waals surface area contributed by atoms with Gasteiger partial charge in [0.05, 0.1) is 11.3 Å². The number of carboxylic acids is 1. The number of nitrogens with two attached hydrogens (primary N) is 1. The summed E-state index contributed by atoms with van der Waals surface area (Å²) in [4.78, 5) is 14.3. The minimum absolute atomic E-state index is 0.107. The summed E-state index contributed by atoms with van der Waals surface area (Å²) in [7, 11) is 0. The van der Waals surface area contributed by atoms with E-state index in [0.717, 1.165) is 0 Å². The van der Waals surface area contributed by atoms with E-state index >= 15 is 0 Å². The fraction of sp³-hybridized carbons (Fsp3) is 0.143. The van der Waals surface area contributed by atoms with E-state index in [1.807, 2.05) is 0 Å². The van der Waals surface area contributed by atoms with Crippen LogP contribution in [-0.2, 0) is 6.54 Å². The molecule has 0 aliphatic rings. The van der Waals surface area contributed by atoms with Crippen molar-refractivity contribution in [1.29, 1.82) is 0 Å². The molecule has 0 aliphatic carbocycles. The highest BCUT2D eigenvalue weighted by Crippen LogP contribution is 2.10. The van der Waals surface area contributed by atoms with Gasteiger partial charge in [-0.05, 0) is 12.1 Å². The van der Waals surface area contributed by atoms with Gasteiger partial charge in [0.1, 0.15) is 5.15 Å². The molecule has 1 aromatic rings. The lowest BCUT2D eigenvalue weighted by molar-refractivity contribution is 0.0696. The predicted octanol–water partition coefficient (Wildman–Crippen LogP) is 0.892. The number of aromatic nitrogens is 1. The number of pyridine rings is 1. The molecule has 12 heavy (non-hydrogen) atoms. The number of nitrogens with zero attached hydrogens (tertiary/aromatic N) is 1. The first-order chi connectivity index (χ1) is 5.63. The Morgan fingerprint density at radius 3 is 2.83 bits per heavy atom. The van der Waals surface area contributed by atoms with E-state index in [1.165, 1.54) is 12.1 Å². The summed E-state index contributed by atoms with van der Waals surface area (Å²) in [5, 5.41) is 8.75. The second-order valence-electron chi connectivity index (χ2n) is 2.18. The van der Waals surface area contributed by atoms with Crippen molar-refractivity contribution in [2.24, 2.45) is 5.73 Å². The summed E-state index contributed by atoms with van der Waals surface area (Å²) in [6, 6.07) is 2.68. The molecule has 4 nitrogen and oxygen atoms in total. The van der Waals surface area contributed by atoms with Crippen molar-refractivity contribution >= 4 is 17.6 Å². The van der Waals surface area contributed by atoms with Gasteiger partial charge in [0.2, 0.25) is 0 Å². The van der Waals surface area contributed by atoms with Crippen LogP contribution in [0.2, 0.25) is 5.15 Å². The number of carbonyl (C=O) groups is 1. The lowest BCUT2D eigenvalue weighted by atomic mass is 10.2. The number of halogens is 1. The van der Waals surface area contributed by atoms with Crippen molar-refractivity contribution in [2.45, 2.75) is 6.54 Å². The first-order valence-electron chi connectivity index (χ1n) is 3.23. The van der Waals surface area contributed by atoms with E-state index in [-0.39, 0.29) is 17.3 Å². The third-order valence-corrected chi connectivity index (χ3v) is 1.50. The molecular weight excluding hydrogens is 180 g/mol. The van der Waals surface area contributed by atoms with E-state index < -0.39 is 5.97 Å². The molecule has 1 rings (SSSR count).